The topological polar surface area (TPSA) is 41.5 Å². The maximum atomic E-state index is 9.91. The summed E-state index contributed by atoms with van der Waals surface area (Å²) < 4.78 is 5.90. The standard InChI is InChI=1S/C16H31NO2S/c1-13-7-5-6-8-14(13)10-19-11-15(18)9-17-12-16(2,3)20-4/h5-6,13-15,17-18H,7-12H2,1-4H3. The number of thioether (sulfide) groups is 1. The molecule has 1 aliphatic carbocycles. The highest BCUT2D eigenvalue weighted by Crippen LogP contribution is 2.25. The molecule has 3 unspecified atom stereocenters. The second-order valence-corrected chi connectivity index (χ2v) is 7.98. The van der Waals surface area contributed by atoms with Crippen molar-refractivity contribution in [3.8, 4) is 0 Å². The quantitative estimate of drug-likeness (QED) is 0.643. The lowest BCUT2D eigenvalue weighted by Crippen LogP contribution is -2.38. The zero-order valence-electron chi connectivity index (χ0n) is 13.4. The van der Waals surface area contributed by atoms with Gasteiger partial charge in [0, 0.05) is 17.8 Å². The van der Waals surface area contributed by atoms with Crippen molar-refractivity contribution < 1.29 is 9.84 Å². The van der Waals surface area contributed by atoms with Crippen molar-refractivity contribution in [2.45, 2.75) is 44.5 Å². The third kappa shape index (κ3) is 7.11. The highest BCUT2D eigenvalue weighted by atomic mass is 32.2. The van der Waals surface area contributed by atoms with Crippen LogP contribution in [0.1, 0.15) is 33.6 Å². The molecule has 118 valence electrons. The van der Waals surface area contributed by atoms with E-state index in [1.54, 1.807) is 0 Å². The minimum absolute atomic E-state index is 0.213. The van der Waals surface area contributed by atoms with E-state index < -0.39 is 6.10 Å². The molecule has 0 saturated carbocycles. The minimum Gasteiger partial charge on any atom is -0.389 e. The molecule has 0 heterocycles. The molecule has 3 nitrogen and oxygen atoms in total. The van der Waals surface area contributed by atoms with Crippen LogP contribution in [0.4, 0.5) is 0 Å². The Morgan fingerprint density at radius 3 is 2.75 bits per heavy atom. The van der Waals surface area contributed by atoms with Crippen LogP contribution in [-0.2, 0) is 4.74 Å². The SMILES string of the molecule is CSC(C)(C)CNCC(O)COCC1CC=CCC1C. The summed E-state index contributed by atoms with van der Waals surface area (Å²) in [6.45, 7) is 9.37. The normalized spacial score (nSPS) is 24.9. The van der Waals surface area contributed by atoms with E-state index >= 15 is 0 Å². The summed E-state index contributed by atoms with van der Waals surface area (Å²) in [5, 5.41) is 13.2. The first-order chi connectivity index (χ1) is 9.44. The molecule has 0 saturated heterocycles. The number of rotatable bonds is 9. The summed E-state index contributed by atoms with van der Waals surface area (Å²) in [6, 6.07) is 0. The number of hydrogen-bond donors (Lipinski definition) is 2. The number of nitrogens with one attached hydrogen (secondary N) is 1. The Kier molecular flexibility index (Phi) is 8.18. The molecule has 0 amide bonds. The van der Waals surface area contributed by atoms with Crippen molar-refractivity contribution in [2.24, 2.45) is 11.8 Å². The summed E-state index contributed by atoms with van der Waals surface area (Å²) in [7, 11) is 0. The van der Waals surface area contributed by atoms with E-state index in [2.05, 4.69) is 44.5 Å². The fourth-order valence-corrected chi connectivity index (χ4v) is 2.51. The Bertz CT molecular complexity index is 294. The van der Waals surface area contributed by atoms with Gasteiger partial charge in [0.15, 0.2) is 0 Å². The van der Waals surface area contributed by atoms with E-state index in [4.69, 9.17) is 4.74 Å². The molecular weight excluding hydrogens is 270 g/mol. The summed E-state index contributed by atoms with van der Waals surface area (Å²) in [4.78, 5) is 0. The van der Waals surface area contributed by atoms with Crippen LogP contribution in [0.2, 0.25) is 0 Å². The summed E-state index contributed by atoms with van der Waals surface area (Å²) in [6.07, 6.45) is 8.46. The molecule has 0 radical (unpaired) electrons. The van der Waals surface area contributed by atoms with Gasteiger partial charge in [0.05, 0.1) is 19.3 Å². The molecule has 1 aliphatic rings. The van der Waals surface area contributed by atoms with Gasteiger partial charge in [-0.3, -0.25) is 0 Å². The lowest BCUT2D eigenvalue weighted by molar-refractivity contribution is 0.0128. The van der Waals surface area contributed by atoms with Gasteiger partial charge in [-0.1, -0.05) is 19.1 Å². The second kappa shape index (κ2) is 9.08. The van der Waals surface area contributed by atoms with E-state index in [1.165, 1.54) is 0 Å². The fourth-order valence-electron chi connectivity index (χ4n) is 2.27. The highest BCUT2D eigenvalue weighted by Gasteiger charge is 2.19. The largest absolute Gasteiger partial charge is 0.389 e. The van der Waals surface area contributed by atoms with Gasteiger partial charge in [0.2, 0.25) is 0 Å². The summed E-state index contributed by atoms with van der Waals surface area (Å²) >= 11 is 1.83. The summed E-state index contributed by atoms with van der Waals surface area (Å²) in [5.74, 6) is 1.30. The minimum atomic E-state index is -0.415. The van der Waals surface area contributed by atoms with Crippen molar-refractivity contribution >= 4 is 11.8 Å². The van der Waals surface area contributed by atoms with Crippen LogP contribution in [0.15, 0.2) is 12.2 Å². The van der Waals surface area contributed by atoms with Crippen molar-refractivity contribution in [1.29, 1.82) is 0 Å². The molecule has 4 heteroatoms. The lowest BCUT2D eigenvalue weighted by Gasteiger charge is -2.26. The van der Waals surface area contributed by atoms with Gasteiger partial charge in [-0.2, -0.15) is 11.8 Å². The van der Waals surface area contributed by atoms with E-state index in [1.807, 2.05) is 11.8 Å². The molecule has 2 N–H and O–H groups in total. The van der Waals surface area contributed by atoms with Crippen molar-refractivity contribution in [1.82, 2.24) is 5.32 Å². The van der Waals surface area contributed by atoms with Gasteiger partial charge < -0.3 is 15.2 Å². The first-order valence-corrected chi connectivity index (χ1v) is 8.84. The van der Waals surface area contributed by atoms with E-state index in [0.717, 1.165) is 26.0 Å². The van der Waals surface area contributed by atoms with Crippen molar-refractivity contribution in [3.05, 3.63) is 12.2 Å². The molecule has 0 aromatic rings. The Morgan fingerprint density at radius 2 is 2.10 bits per heavy atom. The van der Waals surface area contributed by atoms with Crippen LogP contribution in [0.3, 0.4) is 0 Å². The Morgan fingerprint density at radius 1 is 1.40 bits per heavy atom. The van der Waals surface area contributed by atoms with Crippen molar-refractivity contribution in [3.63, 3.8) is 0 Å². The smallest absolute Gasteiger partial charge is 0.0897 e. The lowest BCUT2D eigenvalue weighted by atomic mass is 9.85. The molecule has 0 bridgehead atoms. The van der Waals surface area contributed by atoms with Crippen molar-refractivity contribution in [2.75, 3.05) is 32.6 Å². The number of aliphatic hydroxyl groups is 1. The molecule has 20 heavy (non-hydrogen) atoms. The predicted molar refractivity (Wildman–Crippen MR) is 88.3 cm³/mol. The highest BCUT2D eigenvalue weighted by molar-refractivity contribution is 7.99. The molecule has 0 aromatic carbocycles. The third-order valence-corrected chi connectivity index (χ3v) is 5.29. The van der Waals surface area contributed by atoms with E-state index in [9.17, 15) is 5.11 Å². The molecule has 1 rings (SSSR count). The van der Waals surface area contributed by atoms with Crippen LogP contribution >= 0.6 is 11.8 Å². The summed E-state index contributed by atoms with van der Waals surface area (Å²) in [5.41, 5.74) is 0. The molecule has 0 spiro atoms. The van der Waals surface area contributed by atoms with Gasteiger partial charge in [-0.05, 0) is 44.8 Å². The van der Waals surface area contributed by atoms with Gasteiger partial charge in [0.25, 0.3) is 0 Å². The van der Waals surface area contributed by atoms with Gasteiger partial charge in [-0.15, -0.1) is 0 Å². The second-order valence-electron chi connectivity index (χ2n) is 6.47. The van der Waals surface area contributed by atoms with Gasteiger partial charge >= 0.3 is 0 Å². The Labute approximate surface area is 128 Å². The maximum Gasteiger partial charge on any atom is 0.0897 e. The van der Waals surface area contributed by atoms with Crippen LogP contribution in [0.25, 0.3) is 0 Å². The first-order valence-electron chi connectivity index (χ1n) is 7.61. The zero-order chi connectivity index (χ0) is 15.0. The number of ether oxygens (including phenoxy) is 1. The van der Waals surface area contributed by atoms with Crippen LogP contribution in [0, 0.1) is 11.8 Å². The number of hydrogen-bond acceptors (Lipinski definition) is 4. The number of allylic oxidation sites excluding steroid dienone is 2. The van der Waals surface area contributed by atoms with E-state index in [-0.39, 0.29) is 4.75 Å². The van der Waals surface area contributed by atoms with Crippen LogP contribution < -0.4 is 5.32 Å². The molecule has 0 aromatic heterocycles. The molecule has 3 atom stereocenters. The van der Waals surface area contributed by atoms with Gasteiger partial charge in [0.1, 0.15) is 0 Å². The maximum absolute atomic E-state index is 9.91. The average Bonchev–Trinajstić information content (AvgIpc) is 2.41. The first kappa shape index (κ1) is 18.0. The zero-order valence-corrected chi connectivity index (χ0v) is 14.2. The molecule has 0 aliphatic heterocycles. The Hall–Kier alpha value is -0.0300. The molecular formula is C16H31NO2S. The van der Waals surface area contributed by atoms with Crippen LogP contribution in [-0.4, -0.2) is 48.5 Å². The monoisotopic (exact) mass is 301 g/mol. The van der Waals surface area contributed by atoms with Crippen LogP contribution in [0.5, 0.6) is 0 Å². The Balaban J connectivity index is 2.08. The van der Waals surface area contributed by atoms with Gasteiger partial charge in [-0.25, -0.2) is 0 Å². The third-order valence-electron chi connectivity index (χ3n) is 4.04. The molecule has 0 fully saturated rings. The van der Waals surface area contributed by atoms with E-state index in [0.29, 0.717) is 25.0 Å². The number of aliphatic hydroxyl groups excluding tert-OH is 1. The fraction of sp³-hybridized carbons (Fsp3) is 0.875. The predicted octanol–water partition coefficient (Wildman–Crippen LogP) is 2.70. The average molecular weight is 301 g/mol.